The smallest absolute Gasteiger partial charge is 0.237 e. The van der Waals surface area contributed by atoms with Crippen molar-refractivity contribution >= 4 is 11.6 Å². The molecule has 110 valence electrons. The molecule has 0 bridgehead atoms. The van der Waals surface area contributed by atoms with Crippen molar-refractivity contribution in [1.29, 1.82) is 5.26 Å². The fourth-order valence-corrected chi connectivity index (χ4v) is 2.30. The maximum absolute atomic E-state index is 12.4. The van der Waals surface area contributed by atoms with Crippen LogP contribution in [0.2, 0.25) is 0 Å². The third kappa shape index (κ3) is 3.19. The highest BCUT2D eigenvalue weighted by Gasteiger charge is 2.54. The van der Waals surface area contributed by atoms with Crippen LogP contribution in [0.3, 0.4) is 0 Å². The molecule has 0 radical (unpaired) electrons. The molecule has 0 saturated heterocycles. The second kappa shape index (κ2) is 5.92. The minimum absolute atomic E-state index is 0.203. The van der Waals surface area contributed by atoms with Crippen LogP contribution in [0, 0.1) is 41.2 Å². The summed E-state index contributed by atoms with van der Waals surface area (Å²) < 4.78 is 0. The van der Waals surface area contributed by atoms with E-state index >= 15 is 0 Å². The first-order chi connectivity index (χ1) is 9.95. The Hall–Kier alpha value is -2.42. The van der Waals surface area contributed by atoms with Gasteiger partial charge in [0.25, 0.3) is 0 Å². The SMILES string of the molecule is Cc1ccc(N(CCC#N)C(=O)[C@H]2C[C@@H]2[N+](=O)[O-])cc1C. The molecule has 6 heteroatoms. The van der Waals surface area contributed by atoms with Crippen LogP contribution in [-0.2, 0) is 4.79 Å². The lowest BCUT2D eigenvalue weighted by atomic mass is 10.1. The van der Waals surface area contributed by atoms with E-state index in [2.05, 4.69) is 0 Å². The first kappa shape index (κ1) is 15.0. The summed E-state index contributed by atoms with van der Waals surface area (Å²) in [6, 6.07) is 6.86. The molecule has 1 fully saturated rings. The quantitative estimate of drug-likeness (QED) is 0.613. The van der Waals surface area contributed by atoms with E-state index in [0.717, 1.165) is 11.1 Å². The Morgan fingerprint density at radius 1 is 1.48 bits per heavy atom. The number of amides is 1. The van der Waals surface area contributed by atoms with E-state index in [1.54, 1.807) is 0 Å². The maximum Gasteiger partial charge on any atom is 0.237 e. The average Bonchev–Trinajstić information content (AvgIpc) is 3.23. The predicted octanol–water partition coefficient (Wildman–Crippen LogP) is 2.22. The standard InChI is InChI=1S/C15H17N3O3/c1-10-4-5-12(8-11(10)2)17(7-3-6-16)15(19)13-9-14(13)18(20)21/h4-5,8,13-14H,3,7,9H2,1-2H3/t13-,14-/m0/s1. The van der Waals surface area contributed by atoms with E-state index in [-0.39, 0.29) is 18.9 Å². The van der Waals surface area contributed by atoms with Gasteiger partial charge in [0.15, 0.2) is 0 Å². The van der Waals surface area contributed by atoms with Crippen LogP contribution in [0.25, 0.3) is 0 Å². The molecule has 0 aliphatic heterocycles. The van der Waals surface area contributed by atoms with E-state index in [9.17, 15) is 14.9 Å². The maximum atomic E-state index is 12.4. The molecular formula is C15H17N3O3. The molecule has 1 aliphatic rings. The Labute approximate surface area is 123 Å². The summed E-state index contributed by atoms with van der Waals surface area (Å²) in [5, 5.41) is 19.5. The van der Waals surface area contributed by atoms with E-state index in [0.29, 0.717) is 12.1 Å². The van der Waals surface area contributed by atoms with Crippen LogP contribution in [-0.4, -0.2) is 23.4 Å². The molecule has 1 saturated carbocycles. The molecule has 2 atom stereocenters. The Morgan fingerprint density at radius 3 is 2.71 bits per heavy atom. The van der Waals surface area contributed by atoms with Crippen LogP contribution in [0.4, 0.5) is 5.69 Å². The zero-order valence-electron chi connectivity index (χ0n) is 12.1. The number of hydrogen-bond acceptors (Lipinski definition) is 4. The number of carbonyl (C=O) groups excluding carboxylic acids is 1. The first-order valence-electron chi connectivity index (χ1n) is 6.84. The third-order valence-electron chi connectivity index (χ3n) is 3.86. The molecule has 0 unspecified atom stereocenters. The number of aryl methyl sites for hydroxylation is 2. The van der Waals surface area contributed by atoms with Gasteiger partial charge in [-0.05, 0) is 37.1 Å². The summed E-state index contributed by atoms with van der Waals surface area (Å²) in [5.41, 5.74) is 2.86. The lowest BCUT2D eigenvalue weighted by molar-refractivity contribution is -0.497. The molecule has 21 heavy (non-hydrogen) atoms. The summed E-state index contributed by atoms with van der Waals surface area (Å²) in [6.07, 6.45) is 0.494. The van der Waals surface area contributed by atoms with E-state index < -0.39 is 16.9 Å². The third-order valence-corrected chi connectivity index (χ3v) is 3.86. The topological polar surface area (TPSA) is 87.2 Å². The number of nitrogens with zero attached hydrogens (tertiary/aromatic N) is 3. The number of rotatable bonds is 5. The van der Waals surface area contributed by atoms with Gasteiger partial charge in [0.1, 0.15) is 5.92 Å². The van der Waals surface area contributed by atoms with Gasteiger partial charge in [-0.3, -0.25) is 14.9 Å². The summed E-state index contributed by atoms with van der Waals surface area (Å²) in [6.45, 7) is 4.19. The largest absolute Gasteiger partial charge is 0.311 e. The molecule has 0 heterocycles. The number of nitriles is 1. The summed E-state index contributed by atoms with van der Waals surface area (Å²) in [5.74, 6) is -0.810. The van der Waals surface area contributed by atoms with Crippen molar-refractivity contribution in [2.24, 2.45) is 5.92 Å². The minimum atomic E-state index is -0.770. The van der Waals surface area contributed by atoms with Gasteiger partial charge in [-0.2, -0.15) is 5.26 Å². The molecule has 1 aromatic carbocycles. The average molecular weight is 287 g/mol. The number of anilines is 1. The lowest BCUT2D eigenvalue weighted by Gasteiger charge is -2.22. The van der Waals surface area contributed by atoms with E-state index in [4.69, 9.17) is 5.26 Å². The van der Waals surface area contributed by atoms with E-state index in [1.807, 2.05) is 38.1 Å². The second-order valence-corrected chi connectivity index (χ2v) is 5.36. The van der Waals surface area contributed by atoms with Crippen LogP contribution in [0.5, 0.6) is 0 Å². The van der Waals surface area contributed by atoms with Gasteiger partial charge in [0.2, 0.25) is 11.9 Å². The predicted molar refractivity (Wildman–Crippen MR) is 77.4 cm³/mol. The molecule has 0 spiro atoms. The molecule has 6 nitrogen and oxygen atoms in total. The van der Waals surface area contributed by atoms with Crippen molar-refractivity contribution in [2.45, 2.75) is 32.7 Å². The number of nitro groups is 1. The van der Waals surface area contributed by atoms with Crippen molar-refractivity contribution < 1.29 is 9.72 Å². The normalized spacial score (nSPS) is 19.7. The fraction of sp³-hybridized carbons (Fsp3) is 0.467. The van der Waals surface area contributed by atoms with Crippen LogP contribution < -0.4 is 4.90 Å². The Kier molecular flexibility index (Phi) is 4.22. The zero-order valence-corrected chi connectivity index (χ0v) is 12.1. The van der Waals surface area contributed by atoms with Gasteiger partial charge in [-0.15, -0.1) is 0 Å². The highest BCUT2D eigenvalue weighted by atomic mass is 16.6. The Bertz CT molecular complexity index is 621. The van der Waals surface area contributed by atoms with Crippen molar-refractivity contribution in [3.05, 3.63) is 39.4 Å². The van der Waals surface area contributed by atoms with E-state index in [1.165, 1.54) is 4.90 Å². The van der Waals surface area contributed by atoms with Crippen LogP contribution in [0.1, 0.15) is 24.0 Å². The minimum Gasteiger partial charge on any atom is -0.311 e. The van der Waals surface area contributed by atoms with Crippen molar-refractivity contribution in [2.75, 3.05) is 11.4 Å². The molecule has 0 aromatic heterocycles. The van der Waals surface area contributed by atoms with Gasteiger partial charge in [0, 0.05) is 23.6 Å². The van der Waals surface area contributed by atoms with Crippen LogP contribution in [0.15, 0.2) is 18.2 Å². The highest BCUT2D eigenvalue weighted by Crippen LogP contribution is 2.36. The fourth-order valence-electron chi connectivity index (χ4n) is 2.30. The second-order valence-electron chi connectivity index (χ2n) is 5.36. The van der Waals surface area contributed by atoms with Gasteiger partial charge in [-0.1, -0.05) is 6.07 Å². The molecule has 2 rings (SSSR count). The van der Waals surface area contributed by atoms with Crippen molar-refractivity contribution in [1.82, 2.24) is 0 Å². The Balaban J connectivity index is 2.22. The summed E-state index contributed by atoms with van der Waals surface area (Å²) >= 11 is 0. The highest BCUT2D eigenvalue weighted by molar-refractivity contribution is 5.97. The molecule has 1 amide bonds. The summed E-state index contributed by atoms with van der Waals surface area (Å²) in [7, 11) is 0. The number of carbonyl (C=O) groups is 1. The van der Waals surface area contributed by atoms with Crippen molar-refractivity contribution in [3.8, 4) is 6.07 Å². The van der Waals surface area contributed by atoms with Crippen LogP contribution >= 0.6 is 0 Å². The zero-order chi connectivity index (χ0) is 15.6. The monoisotopic (exact) mass is 287 g/mol. The molecule has 1 aromatic rings. The van der Waals surface area contributed by atoms with Gasteiger partial charge < -0.3 is 4.90 Å². The number of benzene rings is 1. The lowest BCUT2D eigenvalue weighted by Crippen LogP contribution is -2.34. The Morgan fingerprint density at radius 2 is 2.19 bits per heavy atom. The first-order valence-corrected chi connectivity index (χ1v) is 6.84. The van der Waals surface area contributed by atoms with Crippen molar-refractivity contribution in [3.63, 3.8) is 0 Å². The van der Waals surface area contributed by atoms with Gasteiger partial charge >= 0.3 is 0 Å². The van der Waals surface area contributed by atoms with Gasteiger partial charge in [-0.25, -0.2) is 0 Å². The summed E-state index contributed by atoms with van der Waals surface area (Å²) in [4.78, 5) is 24.3. The van der Waals surface area contributed by atoms with Gasteiger partial charge in [0.05, 0.1) is 12.5 Å². The molecular weight excluding hydrogens is 270 g/mol. The molecule has 0 N–H and O–H groups in total. The number of hydrogen-bond donors (Lipinski definition) is 0. The molecule has 1 aliphatic carbocycles.